The molecular formula is C14H13N3O4S2. The van der Waals surface area contributed by atoms with Gasteiger partial charge in [-0.1, -0.05) is 18.2 Å². The van der Waals surface area contributed by atoms with Crippen molar-refractivity contribution in [3.63, 3.8) is 0 Å². The van der Waals surface area contributed by atoms with E-state index in [-0.39, 0.29) is 18.0 Å². The van der Waals surface area contributed by atoms with Crippen molar-refractivity contribution < 1.29 is 17.6 Å². The Morgan fingerprint density at radius 3 is 2.87 bits per heavy atom. The van der Waals surface area contributed by atoms with Gasteiger partial charge in [0.1, 0.15) is 11.3 Å². The fourth-order valence-corrected chi connectivity index (χ4v) is 3.53. The molecule has 1 aromatic carbocycles. The number of sulfonamides is 1. The van der Waals surface area contributed by atoms with Crippen LogP contribution in [0.4, 0.5) is 0 Å². The lowest BCUT2D eigenvalue weighted by atomic mass is 10.2. The molecule has 9 heteroatoms. The summed E-state index contributed by atoms with van der Waals surface area (Å²) in [6, 6.07) is 9.31. The van der Waals surface area contributed by atoms with E-state index >= 15 is 0 Å². The van der Waals surface area contributed by atoms with Gasteiger partial charge in [0.25, 0.3) is 5.91 Å². The molecule has 2 aromatic heterocycles. The van der Waals surface area contributed by atoms with Gasteiger partial charge in [-0.2, -0.15) is 0 Å². The van der Waals surface area contributed by atoms with Crippen molar-refractivity contribution in [2.75, 3.05) is 12.3 Å². The summed E-state index contributed by atoms with van der Waals surface area (Å²) >= 11 is 1.20. The van der Waals surface area contributed by atoms with E-state index in [1.807, 2.05) is 35.1 Å². The molecule has 3 aromatic rings. The van der Waals surface area contributed by atoms with Gasteiger partial charge < -0.3 is 10.2 Å². The molecule has 0 aliphatic carbocycles. The van der Waals surface area contributed by atoms with Gasteiger partial charge in [0.15, 0.2) is 10.8 Å². The molecule has 3 N–H and O–H groups in total. The molecule has 1 amide bonds. The molecule has 0 atom stereocenters. The average molecular weight is 351 g/mol. The highest BCUT2D eigenvalue weighted by Gasteiger charge is 2.19. The molecule has 0 unspecified atom stereocenters. The second kappa shape index (κ2) is 6.11. The lowest BCUT2D eigenvalue weighted by Gasteiger charge is -2.02. The van der Waals surface area contributed by atoms with Crippen LogP contribution < -0.4 is 10.5 Å². The van der Waals surface area contributed by atoms with Crippen LogP contribution in [0.3, 0.4) is 0 Å². The topological polar surface area (TPSA) is 115 Å². The molecule has 23 heavy (non-hydrogen) atoms. The molecule has 0 spiro atoms. The van der Waals surface area contributed by atoms with Crippen LogP contribution in [0.15, 0.2) is 40.1 Å². The number of para-hydroxylation sites is 1. The van der Waals surface area contributed by atoms with Crippen molar-refractivity contribution in [3.8, 4) is 10.8 Å². The van der Waals surface area contributed by atoms with Crippen molar-refractivity contribution in [3.05, 3.63) is 41.4 Å². The van der Waals surface area contributed by atoms with Gasteiger partial charge >= 0.3 is 0 Å². The maximum Gasteiger partial charge on any atom is 0.284 e. The monoisotopic (exact) mass is 351 g/mol. The van der Waals surface area contributed by atoms with Gasteiger partial charge in [0.2, 0.25) is 10.0 Å². The first-order valence-electron chi connectivity index (χ1n) is 6.68. The molecule has 2 heterocycles. The highest BCUT2D eigenvalue weighted by Crippen LogP contribution is 2.29. The average Bonchev–Trinajstić information content (AvgIpc) is 3.13. The normalized spacial score (nSPS) is 11.7. The Hall–Kier alpha value is -2.23. The molecule has 0 fully saturated rings. The van der Waals surface area contributed by atoms with E-state index in [0.29, 0.717) is 16.4 Å². The first-order valence-corrected chi connectivity index (χ1v) is 9.21. The third-order valence-electron chi connectivity index (χ3n) is 3.01. The number of furan rings is 1. The van der Waals surface area contributed by atoms with Gasteiger partial charge in [-0.25, -0.2) is 18.1 Å². The van der Waals surface area contributed by atoms with Crippen LogP contribution in [-0.4, -0.2) is 31.6 Å². The van der Waals surface area contributed by atoms with Crippen LogP contribution in [-0.2, 0) is 10.0 Å². The Balaban J connectivity index is 1.84. The number of nitrogens with two attached hydrogens (primary N) is 1. The number of hydrogen-bond donors (Lipinski definition) is 2. The van der Waals surface area contributed by atoms with Crippen molar-refractivity contribution in [1.29, 1.82) is 0 Å². The fourth-order valence-electron chi connectivity index (χ4n) is 1.98. The van der Waals surface area contributed by atoms with E-state index in [1.165, 1.54) is 16.7 Å². The molecule has 0 saturated carbocycles. The number of carbonyl (C=O) groups is 1. The first kappa shape index (κ1) is 15.7. The van der Waals surface area contributed by atoms with Crippen LogP contribution in [0.5, 0.6) is 0 Å². The number of amides is 1. The fraction of sp³-hybridized carbons (Fsp3) is 0.143. The standard InChI is InChI=1S/C14H13N3O4S2/c15-5-6-23(19,20)17-13(18)10-8-22-14(16-10)12-7-9-3-1-2-4-11(9)21-12/h1-4,7-8H,5-6,15H2,(H,17,18). The molecule has 0 saturated heterocycles. The highest BCUT2D eigenvalue weighted by atomic mass is 32.2. The molecule has 0 aliphatic heterocycles. The predicted octanol–water partition coefficient (Wildman–Crippen LogP) is 1.57. The summed E-state index contributed by atoms with van der Waals surface area (Å²) in [5.41, 5.74) is 5.93. The van der Waals surface area contributed by atoms with E-state index in [0.717, 1.165) is 5.39 Å². The van der Waals surface area contributed by atoms with Gasteiger partial charge in [0.05, 0.1) is 5.75 Å². The number of fused-ring (bicyclic) bond motifs is 1. The molecular weight excluding hydrogens is 338 g/mol. The van der Waals surface area contributed by atoms with Gasteiger partial charge in [-0.15, -0.1) is 11.3 Å². The Morgan fingerprint density at radius 2 is 2.13 bits per heavy atom. The molecule has 0 radical (unpaired) electrons. The molecule has 7 nitrogen and oxygen atoms in total. The number of thiazole rings is 1. The predicted molar refractivity (Wildman–Crippen MR) is 87.6 cm³/mol. The quantitative estimate of drug-likeness (QED) is 0.721. The summed E-state index contributed by atoms with van der Waals surface area (Å²) in [5.74, 6) is -0.573. The smallest absolute Gasteiger partial charge is 0.284 e. The summed E-state index contributed by atoms with van der Waals surface area (Å²) in [7, 11) is -3.74. The zero-order chi connectivity index (χ0) is 16.4. The number of hydrogen-bond acceptors (Lipinski definition) is 7. The van der Waals surface area contributed by atoms with Gasteiger partial charge in [-0.3, -0.25) is 4.79 Å². The van der Waals surface area contributed by atoms with E-state index in [2.05, 4.69) is 4.98 Å². The lowest BCUT2D eigenvalue weighted by molar-refractivity contribution is 0.0977. The number of carbonyl (C=O) groups excluding carboxylic acids is 1. The van der Waals surface area contributed by atoms with Crippen molar-refractivity contribution >= 4 is 38.2 Å². The number of aromatic nitrogens is 1. The molecule has 0 bridgehead atoms. The highest BCUT2D eigenvalue weighted by molar-refractivity contribution is 7.90. The van der Waals surface area contributed by atoms with Crippen LogP contribution in [0.1, 0.15) is 10.5 Å². The van der Waals surface area contributed by atoms with E-state index in [9.17, 15) is 13.2 Å². The zero-order valence-corrected chi connectivity index (χ0v) is 13.5. The van der Waals surface area contributed by atoms with E-state index < -0.39 is 15.9 Å². The second-order valence-corrected chi connectivity index (χ2v) is 7.43. The Labute approximate surface area is 136 Å². The summed E-state index contributed by atoms with van der Waals surface area (Å²) < 4.78 is 30.7. The third-order valence-corrected chi connectivity index (χ3v) is 5.13. The summed E-state index contributed by atoms with van der Waals surface area (Å²) in [5, 5.41) is 2.91. The maximum absolute atomic E-state index is 11.9. The minimum absolute atomic E-state index is 0.0195. The first-order chi connectivity index (χ1) is 11.0. The van der Waals surface area contributed by atoms with Crippen LogP contribution >= 0.6 is 11.3 Å². The number of nitrogens with zero attached hydrogens (tertiary/aromatic N) is 1. The van der Waals surface area contributed by atoms with Crippen LogP contribution in [0.2, 0.25) is 0 Å². The summed E-state index contributed by atoms with van der Waals surface area (Å²) in [6.07, 6.45) is 0. The Kier molecular flexibility index (Phi) is 4.16. The number of rotatable bonds is 5. The number of benzene rings is 1. The van der Waals surface area contributed by atoms with Gasteiger partial charge in [-0.05, 0) is 12.1 Å². The van der Waals surface area contributed by atoms with E-state index in [4.69, 9.17) is 10.2 Å². The van der Waals surface area contributed by atoms with E-state index in [1.54, 1.807) is 0 Å². The number of nitrogens with one attached hydrogen (secondary N) is 1. The zero-order valence-electron chi connectivity index (χ0n) is 11.9. The Bertz CT molecular complexity index is 926. The van der Waals surface area contributed by atoms with Crippen molar-refractivity contribution in [1.82, 2.24) is 9.71 Å². The SMILES string of the molecule is NCCS(=O)(=O)NC(=O)c1csc(-c2cc3ccccc3o2)n1. The summed E-state index contributed by atoms with van der Waals surface area (Å²) in [4.78, 5) is 16.1. The van der Waals surface area contributed by atoms with Crippen LogP contribution in [0, 0.1) is 0 Å². The molecule has 120 valence electrons. The minimum Gasteiger partial charge on any atom is -0.454 e. The minimum atomic E-state index is -3.74. The molecule has 0 aliphatic rings. The third kappa shape index (κ3) is 3.41. The largest absolute Gasteiger partial charge is 0.454 e. The van der Waals surface area contributed by atoms with Crippen molar-refractivity contribution in [2.24, 2.45) is 5.73 Å². The van der Waals surface area contributed by atoms with Gasteiger partial charge in [0, 0.05) is 17.3 Å². The summed E-state index contributed by atoms with van der Waals surface area (Å²) in [6.45, 7) is -0.0656. The second-order valence-electron chi connectivity index (χ2n) is 4.73. The molecule has 3 rings (SSSR count). The van der Waals surface area contributed by atoms with Crippen LogP contribution in [0.25, 0.3) is 21.7 Å². The van der Waals surface area contributed by atoms with Crippen molar-refractivity contribution in [2.45, 2.75) is 0 Å². The lowest BCUT2D eigenvalue weighted by Crippen LogP contribution is -2.34. The maximum atomic E-state index is 11.9. The Morgan fingerprint density at radius 1 is 1.35 bits per heavy atom.